The van der Waals surface area contributed by atoms with Gasteiger partial charge >= 0.3 is 7.60 Å². The van der Waals surface area contributed by atoms with E-state index in [2.05, 4.69) is 15.0 Å². The summed E-state index contributed by atoms with van der Waals surface area (Å²) in [6.07, 6.45) is 4.55. The topological polar surface area (TPSA) is 88.4 Å². The number of hydrogen-bond acceptors (Lipinski definition) is 7. The molecule has 2 aromatic rings. The molecule has 0 aliphatic heterocycles. The molecular weight excluding hydrogens is 307 g/mol. The lowest BCUT2D eigenvalue weighted by atomic mass is 10.4. The van der Waals surface area contributed by atoms with Gasteiger partial charge in [-0.15, -0.1) is 0 Å². The van der Waals surface area contributed by atoms with Crippen molar-refractivity contribution in [2.75, 3.05) is 19.6 Å². The molecule has 0 N–H and O–H groups in total. The first-order valence-electron chi connectivity index (χ1n) is 7.18. The fourth-order valence-corrected chi connectivity index (χ4v) is 3.45. The molecule has 0 unspecified atom stereocenters. The Hall–Kier alpha value is -1.34. The van der Waals surface area contributed by atoms with Gasteiger partial charge in [-0.3, -0.25) is 4.57 Å². The maximum absolute atomic E-state index is 12.3. The molecule has 0 aliphatic rings. The summed E-state index contributed by atoms with van der Waals surface area (Å²) < 4.78 is 30.2. The molecular formula is C13H21N4O4P. The lowest BCUT2D eigenvalue weighted by Gasteiger charge is -2.20. The number of rotatable bonds is 9. The molecule has 122 valence electrons. The number of fused-ring (bicyclic) bond motifs is 1. The zero-order chi connectivity index (χ0) is 16.0. The molecule has 0 spiro atoms. The van der Waals surface area contributed by atoms with Crippen LogP contribution in [0.5, 0.6) is 0 Å². The molecule has 8 nitrogen and oxygen atoms in total. The Bertz CT molecular complexity index is 638. The van der Waals surface area contributed by atoms with E-state index < -0.39 is 7.60 Å². The predicted octanol–water partition coefficient (Wildman–Crippen LogP) is 2.46. The van der Waals surface area contributed by atoms with Crippen LogP contribution in [-0.4, -0.2) is 45.2 Å². The van der Waals surface area contributed by atoms with Crippen molar-refractivity contribution in [3.05, 3.63) is 18.9 Å². The third kappa shape index (κ3) is 4.33. The van der Waals surface area contributed by atoms with Crippen LogP contribution in [0.25, 0.3) is 11.2 Å². The van der Waals surface area contributed by atoms with Crippen LogP contribution in [-0.2, 0) is 24.9 Å². The minimum absolute atomic E-state index is 0.0720. The van der Waals surface area contributed by atoms with Crippen molar-refractivity contribution in [3.8, 4) is 0 Å². The van der Waals surface area contributed by atoms with Crippen molar-refractivity contribution >= 4 is 18.8 Å². The third-order valence-corrected chi connectivity index (χ3v) is 4.67. The maximum Gasteiger partial charge on any atom is 0.356 e. The van der Waals surface area contributed by atoms with E-state index >= 15 is 0 Å². The van der Waals surface area contributed by atoms with Gasteiger partial charge in [0.1, 0.15) is 18.2 Å². The van der Waals surface area contributed by atoms with E-state index in [1.807, 2.05) is 11.5 Å². The summed E-state index contributed by atoms with van der Waals surface area (Å²) in [5, 5.41) is 0. The second-order valence-electron chi connectivity index (χ2n) is 4.68. The summed E-state index contributed by atoms with van der Waals surface area (Å²) in [5.41, 5.74) is 1.47. The molecule has 2 aromatic heterocycles. The van der Waals surface area contributed by atoms with Gasteiger partial charge in [-0.05, 0) is 20.8 Å². The number of hydrogen-bond donors (Lipinski definition) is 0. The summed E-state index contributed by atoms with van der Waals surface area (Å²) in [6.45, 7) is 6.59. The van der Waals surface area contributed by atoms with Gasteiger partial charge in [0.05, 0.1) is 38.4 Å². The van der Waals surface area contributed by atoms with Crippen molar-refractivity contribution in [1.29, 1.82) is 0 Å². The summed E-state index contributed by atoms with van der Waals surface area (Å²) in [4.78, 5) is 12.3. The Morgan fingerprint density at radius 1 is 1.27 bits per heavy atom. The average Bonchev–Trinajstić information content (AvgIpc) is 2.89. The smallest absolute Gasteiger partial charge is 0.356 e. The number of imidazole rings is 1. The van der Waals surface area contributed by atoms with Crippen LogP contribution >= 0.6 is 7.60 Å². The lowest BCUT2D eigenvalue weighted by Crippen LogP contribution is -2.18. The summed E-state index contributed by atoms with van der Waals surface area (Å²) in [5.74, 6) is 0. The monoisotopic (exact) mass is 328 g/mol. The standard InChI is InChI=1S/C13H21N4O4P/c1-4-20-22(18,21-5-2)10-19-11(3)7-17-9-16-12-6-14-8-15-13(12)17/h6,8-9,11H,4-5,7,10H2,1-3H3/t11-/m1/s1. The normalized spacial score (nSPS) is 13.6. The van der Waals surface area contributed by atoms with Gasteiger partial charge in [0.25, 0.3) is 0 Å². The Morgan fingerprint density at radius 2 is 2.00 bits per heavy atom. The van der Waals surface area contributed by atoms with Crippen molar-refractivity contribution in [2.45, 2.75) is 33.4 Å². The highest BCUT2D eigenvalue weighted by atomic mass is 31.2. The highest BCUT2D eigenvalue weighted by Gasteiger charge is 2.25. The first-order chi connectivity index (χ1) is 10.6. The molecule has 0 aromatic carbocycles. The number of nitrogens with zero attached hydrogens (tertiary/aromatic N) is 4. The Kier molecular flexibility index (Phi) is 6.02. The highest BCUT2D eigenvalue weighted by Crippen LogP contribution is 2.48. The van der Waals surface area contributed by atoms with Crippen LogP contribution in [0.1, 0.15) is 20.8 Å². The van der Waals surface area contributed by atoms with Crippen LogP contribution in [0.4, 0.5) is 0 Å². The minimum atomic E-state index is -3.18. The Morgan fingerprint density at radius 3 is 2.68 bits per heavy atom. The van der Waals surface area contributed by atoms with Gasteiger partial charge in [0, 0.05) is 0 Å². The molecule has 22 heavy (non-hydrogen) atoms. The van der Waals surface area contributed by atoms with E-state index in [0.29, 0.717) is 19.8 Å². The fourth-order valence-electron chi connectivity index (χ4n) is 2.00. The van der Waals surface area contributed by atoms with Crippen molar-refractivity contribution in [3.63, 3.8) is 0 Å². The van der Waals surface area contributed by atoms with Crippen LogP contribution in [0.3, 0.4) is 0 Å². The van der Waals surface area contributed by atoms with E-state index in [4.69, 9.17) is 13.8 Å². The fraction of sp³-hybridized carbons (Fsp3) is 0.615. The second kappa shape index (κ2) is 7.78. The van der Waals surface area contributed by atoms with Gasteiger partial charge in [-0.1, -0.05) is 0 Å². The van der Waals surface area contributed by atoms with Crippen LogP contribution in [0.15, 0.2) is 18.9 Å². The van der Waals surface area contributed by atoms with E-state index in [1.54, 1.807) is 26.4 Å². The average molecular weight is 328 g/mol. The first kappa shape index (κ1) is 17.0. The Balaban J connectivity index is 1.95. The van der Waals surface area contributed by atoms with Crippen LogP contribution in [0, 0.1) is 0 Å². The molecule has 0 radical (unpaired) electrons. The van der Waals surface area contributed by atoms with Gasteiger partial charge in [-0.2, -0.15) is 0 Å². The van der Waals surface area contributed by atoms with E-state index in [-0.39, 0.29) is 12.5 Å². The predicted molar refractivity (Wildman–Crippen MR) is 81.6 cm³/mol. The second-order valence-corrected chi connectivity index (χ2v) is 6.68. The summed E-state index contributed by atoms with van der Waals surface area (Å²) >= 11 is 0. The highest BCUT2D eigenvalue weighted by molar-refractivity contribution is 7.53. The first-order valence-corrected chi connectivity index (χ1v) is 8.91. The van der Waals surface area contributed by atoms with E-state index in [0.717, 1.165) is 11.2 Å². The largest absolute Gasteiger partial charge is 0.364 e. The molecule has 0 fully saturated rings. The minimum Gasteiger partial charge on any atom is -0.364 e. The molecule has 0 saturated heterocycles. The molecule has 0 saturated carbocycles. The SMILES string of the molecule is CCOP(=O)(CO[C@H](C)Cn1cnc2cncnc21)OCC. The van der Waals surface area contributed by atoms with Crippen molar-refractivity contribution in [1.82, 2.24) is 19.5 Å². The molecule has 0 aliphatic carbocycles. The van der Waals surface area contributed by atoms with Crippen LogP contribution in [0.2, 0.25) is 0 Å². The molecule has 2 rings (SSSR count). The summed E-state index contributed by atoms with van der Waals surface area (Å²) in [6, 6.07) is 0. The van der Waals surface area contributed by atoms with Gasteiger partial charge < -0.3 is 18.4 Å². The van der Waals surface area contributed by atoms with Gasteiger partial charge in [0.15, 0.2) is 5.65 Å². The third-order valence-electron chi connectivity index (χ3n) is 2.90. The molecule has 9 heteroatoms. The van der Waals surface area contributed by atoms with E-state index in [1.165, 1.54) is 6.33 Å². The number of ether oxygens (including phenoxy) is 1. The van der Waals surface area contributed by atoms with E-state index in [9.17, 15) is 4.57 Å². The zero-order valence-electron chi connectivity index (χ0n) is 13.0. The maximum atomic E-state index is 12.3. The number of aromatic nitrogens is 4. The van der Waals surface area contributed by atoms with Gasteiger partial charge in [0.2, 0.25) is 0 Å². The summed E-state index contributed by atoms with van der Waals surface area (Å²) in [7, 11) is -3.18. The van der Waals surface area contributed by atoms with Crippen LogP contribution < -0.4 is 0 Å². The lowest BCUT2D eigenvalue weighted by molar-refractivity contribution is 0.0672. The quantitative estimate of drug-likeness (QED) is 0.653. The Labute approximate surface area is 129 Å². The molecule has 2 heterocycles. The molecule has 0 bridgehead atoms. The molecule has 0 amide bonds. The van der Waals surface area contributed by atoms with Crippen molar-refractivity contribution in [2.24, 2.45) is 0 Å². The van der Waals surface area contributed by atoms with Gasteiger partial charge in [-0.25, -0.2) is 15.0 Å². The zero-order valence-corrected chi connectivity index (χ0v) is 13.9. The van der Waals surface area contributed by atoms with Crippen molar-refractivity contribution < 1.29 is 18.3 Å². The molecule has 1 atom stereocenters.